The lowest BCUT2D eigenvalue weighted by atomic mass is 10.00. The molecule has 1 fully saturated rings. The highest BCUT2D eigenvalue weighted by atomic mass is 16.4. The Morgan fingerprint density at radius 3 is 1.34 bits per heavy atom. The molecule has 1 aromatic carbocycles. The fraction of sp³-hybridized carbons (Fsp3) is 0.620. The van der Waals surface area contributed by atoms with Crippen LogP contribution in [0.25, 0.3) is 0 Å². The van der Waals surface area contributed by atoms with Crippen LogP contribution < -0.4 is 48.3 Å². The van der Waals surface area contributed by atoms with Crippen LogP contribution in [0.2, 0.25) is 0 Å². The van der Waals surface area contributed by atoms with Crippen LogP contribution in [-0.2, 0) is 68.7 Å². The number of aliphatic carboxylic acids is 4. The number of carboxylic acids is 4. The number of benzene rings is 1. The van der Waals surface area contributed by atoms with Crippen molar-refractivity contribution < 1.29 is 82.8 Å². The predicted octanol–water partition coefficient (Wildman–Crippen LogP) is -1.89. The highest BCUT2D eigenvalue weighted by molar-refractivity contribution is 6.00. The fourth-order valence-electron chi connectivity index (χ4n) is 8.16. The van der Waals surface area contributed by atoms with Crippen LogP contribution in [0.4, 0.5) is 0 Å². The van der Waals surface area contributed by atoms with E-state index in [1.165, 1.54) is 18.7 Å². The molecule has 428 valence electrons. The van der Waals surface area contributed by atoms with Gasteiger partial charge in [0.25, 0.3) is 0 Å². The molecule has 1 aliphatic heterocycles. The first-order valence-electron chi connectivity index (χ1n) is 25.3. The van der Waals surface area contributed by atoms with Crippen LogP contribution in [0.3, 0.4) is 0 Å². The van der Waals surface area contributed by atoms with E-state index in [-0.39, 0.29) is 44.1 Å². The number of amides is 9. The maximum absolute atomic E-state index is 13.8. The first-order chi connectivity index (χ1) is 35.9. The van der Waals surface area contributed by atoms with Crippen molar-refractivity contribution in [2.75, 3.05) is 6.54 Å². The average Bonchev–Trinajstić information content (AvgIpc) is 3.82. The lowest BCUT2D eigenvalue weighted by Crippen LogP contribution is -2.60. The molecule has 0 saturated carbocycles. The maximum Gasteiger partial charge on any atom is 0.326 e. The third-order valence-electron chi connectivity index (χ3n) is 12.0. The first kappa shape index (κ1) is 65.4. The van der Waals surface area contributed by atoms with Gasteiger partial charge < -0.3 is 73.6 Å². The summed E-state index contributed by atoms with van der Waals surface area (Å²) in [5, 5.41) is 57.1. The van der Waals surface area contributed by atoms with E-state index in [1.807, 2.05) is 33.0 Å². The molecule has 2 rings (SSSR count). The van der Waals surface area contributed by atoms with E-state index in [1.54, 1.807) is 44.2 Å². The second-order valence-electron chi connectivity index (χ2n) is 20.3. The molecule has 9 amide bonds. The van der Waals surface area contributed by atoms with Gasteiger partial charge in [0, 0.05) is 13.0 Å². The van der Waals surface area contributed by atoms with E-state index in [9.17, 15) is 82.8 Å². The van der Waals surface area contributed by atoms with Gasteiger partial charge in [0.05, 0.1) is 25.3 Å². The van der Waals surface area contributed by atoms with Gasteiger partial charge in [-0.2, -0.15) is 0 Å². The van der Waals surface area contributed by atoms with E-state index in [2.05, 4.69) is 37.2 Å². The van der Waals surface area contributed by atoms with Crippen LogP contribution >= 0.6 is 0 Å². The van der Waals surface area contributed by atoms with Crippen molar-refractivity contribution in [1.29, 1.82) is 0 Å². The number of hydrogen-bond donors (Lipinski definition) is 13. The van der Waals surface area contributed by atoms with E-state index in [4.69, 9.17) is 5.73 Å². The Hall–Kier alpha value is -7.71. The van der Waals surface area contributed by atoms with Crippen LogP contribution in [0, 0.1) is 17.8 Å². The Bertz CT molecular complexity index is 2300. The van der Waals surface area contributed by atoms with E-state index in [0.29, 0.717) is 18.4 Å². The van der Waals surface area contributed by atoms with Crippen molar-refractivity contribution in [2.24, 2.45) is 23.5 Å². The van der Waals surface area contributed by atoms with Gasteiger partial charge >= 0.3 is 23.9 Å². The number of rotatable bonds is 32. The minimum absolute atomic E-state index is 0.0211. The molecule has 1 saturated heterocycles. The summed E-state index contributed by atoms with van der Waals surface area (Å²) in [7, 11) is 0. The van der Waals surface area contributed by atoms with Gasteiger partial charge in [0.2, 0.25) is 53.2 Å². The number of likely N-dealkylation sites (tertiary alicyclic amines) is 1. The zero-order valence-electron chi connectivity index (χ0n) is 44.6. The topological polar surface area (TPSA) is 428 Å². The number of carbonyl (C=O) groups is 13. The zero-order valence-corrected chi connectivity index (χ0v) is 44.6. The molecule has 0 unspecified atom stereocenters. The molecule has 77 heavy (non-hydrogen) atoms. The number of hydrogen-bond acceptors (Lipinski definition) is 14. The number of carbonyl (C=O) groups excluding carboxylic acids is 9. The van der Waals surface area contributed by atoms with Gasteiger partial charge in [0.15, 0.2) is 0 Å². The van der Waals surface area contributed by atoms with Crippen molar-refractivity contribution in [3.8, 4) is 0 Å². The monoisotopic (exact) mass is 1090 g/mol. The highest BCUT2D eigenvalue weighted by Gasteiger charge is 2.40. The summed E-state index contributed by atoms with van der Waals surface area (Å²) < 4.78 is 0. The van der Waals surface area contributed by atoms with E-state index in [0.717, 1.165) is 0 Å². The molecule has 0 aromatic heterocycles. The van der Waals surface area contributed by atoms with Crippen molar-refractivity contribution in [1.82, 2.24) is 47.4 Å². The Morgan fingerprint density at radius 2 is 0.883 bits per heavy atom. The third-order valence-corrected chi connectivity index (χ3v) is 12.0. The predicted molar refractivity (Wildman–Crippen MR) is 272 cm³/mol. The normalized spacial score (nSPS) is 16.7. The van der Waals surface area contributed by atoms with Crippen LogP contribution in [0.15, 0.2) is 30.3 Å². The lowest BCUT2D eigenvalue weighted by Gasteiger charge is -2.30. The van der Waals surface area contributed by atoms with Crippen molar-refractivity contribution >= 4 is 77.0 Å². The molecule has 1 heterocycles. The Morgan fingerprint density at radius 1 is 0.494 bits per heavy atom. The Labute approximate surface area is 445 Å². The molecule has 27 heteroatoms. The van der Waals surface area contributed by atoms with Gasteiger partial charge in [-0.15, -0.1) is 0 Å². The molecule has 1 aromatic rings. The van der Waals surface area contributed by atoms with Crippen LogP contribution in [-0.4, -0.2) is 169 Å². The highest BCUT2D eigenvalue weighted by Crippen LogP contribution is 2.21. The standard InChI is InChI=1S/C50H76N10O17/c1-24(2)17-30(51)43(69)58-35(19-26(5)6)49(75)60-16-12-15-37(60)48(74)53-27(7)41(67)52-28(8)42(68)54-32(21-38(61)62)45(71)55-31(18-25(3)4)44(70)56-33(22-39(63)64)46(72)57-34(23-40(65)66)47(73)59-36(50(76)77)20-29-13-10-9-11-14-29/h9-11,13-14,24-28,30-37H,12,15-23,51H2,1-8H3,(H,52,67)(H,53,74)(H,54,68)(H,55,71)(H,56,70)(H,57,72)(H,58,69)(H,59,73)(H,61,62)(H,63,64)(H,65,66)(H,76,77)/t27-,28-,30-,31-,32-,33-,34-,35-,36-,37-/m0/s1. The summed E-state index contributed by atoms with van der Waals surface area (Å²) in [5.41, 5.74) is 6.56. The summed E-state index contributed by atoms with van der Waals surface area (Å²) in [6.07, 6.45) is -2.44. The molecule has 14 N–H and O–H groups in total. The summed E-state index contributed by atoms with van der Waals surface area (Å²) in [6.45, 7) is 13.4. The van der Waals surface area contributed by atoms with Crippen LogP contribution in [0.5, 0.6) is 0 Å². The second-order valence-corrected chi connectivity index (χ2v) is 20.3. The van der Waals surface area contributed by atoms with Gasteiger partial charge in [-0.3, -0.25) is 57.5 Å². The Balaban J connectivity index is 2.20. The number of nitrogens with zero attached hydrogens (tertiary/aromatic N) is 1. The first-order valence-corrected chi connectivity index (χ1v) is 25.3. The van der Waals surface area contributed by atoms with Gasteiger partial charge in [-0.05, 0) is 69.3 Å². The number of nitrogens with two attached hydrogens (primary N) is 1. The zero-order chi connectivity index (χ0) is 58.4. The molecular formula is C50H76N10O17. The van der Waals surface area contributed by atoms with Crippen LogP contribution in [0.1, 0.15) is 112 Å². The number of carboxylic acid groups (broad SMARTS) is 4. The third kappa shape index (κ3) is 23.0. The quantitative estimate of drug-likeness (QED) is 0.0375. The van der Waals surface area contributed by atoms with Crippen molar-refractivity contribution in [2.45, 2.75) is 174 Å². The van der Waals surface area contributed by atoms with Gasteiger partial charge in [-0.25, -0.2) is 4.79 Å². The fourth-order valence-corrected chi connectivity index (χ4v) is 8.16. The molecular weight excluding hydrogens is 1010 g/mol. The second kappa shape index (κ2) is 31.4. The summed E-state index contributed by atoms with van der Waals surface area (Å²) in [5.74, 6) is -15.5. The lowest BCUT2D eigenvalue weighted by molar-refractivity contribution is -0.145. The van der Waals surface area contributed by atoms with Crippen molar-refractivity contribution in [3.63, 3.8) is 0 Å². The smallest absolute Gasteiger partial charge is 0.326 e. The summed E-state index contributed by atoms with van der Waals surface area (Å²) in [6, 6.07) is -6.75. The molecule has 1 aliphatic rings. The largest absolute Gasteiger partial charge is 0.481 e. The minimum atomic E-state index is -2.04. The number of nitrogens with one attached hydrogen (secondary N) is 8. The SMILES string of the molecule is CC(C)C[C@H](NC(=O)[C@H](CC(=O)O)NC(=O)[C@H](C)NC(=O)[C@H](C)NC(=O)[C@@H]1CCCN1C(=O)[C@H](CC(C)C)NC(=O)[C@@H](N)CC(C)C)C(=O)N[C@@H](CC(=O)O)C(=O)N[C@@H](CC(=O)O)C(=O)N[C@@H](Cc1ccccc1)C(=O)O. The van der Waals surface area contributed by atoms with Gasteiger partial charge in [0.1, 0.15) is 54.4 Å². The molecule has 27 nitrogen and oxygen atoms in total. The molecule has 0 aliphatic carbocycles. The molecule has 10 atom stereocenters. The Kier molecular flexibility index (Phi) is 26.6. The van der Waals surface area contributed by atoms with Gasteiger partial charge in [-0.1, -0.05) is 71.9 Å². The maximum atomic E-state index is 13.8. The van der Waals surface area contributed by atoms with E-state index >= 15 is 0 Å². The average molecular weight is 1090 g/mol. The molecule has 0 radical (unpaired) electrons. The summed E-state index contributed by atoms with van der Waals surface area (Å²) >= 11 is 0. The minimum Gasteiger partial charge on any atom is -0.481 e. The summed E-state index contributed by atoms with van der Waals surface area (Å²) in [4.78, 5) is 170. The van der Waals surface area contributed by atoms with Crippen molar-refractivity contribution in [3.05, 3.63) is 35.9 Å². The van der Waals surface area contributed by atoms with E-state index < -0.39 is 163 Å². The molecule has 0 bridgehead atoms. The molecule has 0 spiro atoms.